The second-order valence-corrected chi connectivity index (χ2v) is 9.27. The van der Waals surface area contributed by atoms with Crippen molar-refractivity contribution >= 4 is 55.8 Å². The van der Waals surface area contributed by atoms with E-state index >= 15 is 0 Å². The predicted octanol–water partition coefficient (Wildman–Crippen LogP) is 4.01. The molecule has 158 valence electrons. The fourth-order valence-corrected chi connectivity index (χ4v) is 5.30. The van der Waals surface area contributed by atoms with Gasteiger partial charge in [-0.05, 0) is 42.5 Å². The molecule has 0 unspecified atom stereocenters. The highest BCUT2D eigenvalue weighted by atomic mass is 35.5. The average molecular weight is 477 g/mol. The lowest BCUT2D eigenvalue weighted by Crippen LogP contribution is -2.35. The Morgan fingerprint density at radius 2 is 1.71 bits per heavy atom. The Morgan fingerprint density at radius 1 is 1.03 bits per heavy atom. The van der Waals surface area contributed by atoms with Gasteiger partial charge in [0.25, 0.3) is 10.0 Å². The van der Waals surface area contributed by atoms with Crippen LogP contribution in [0, 0.1) is 0 Å². The topological polar surface area (TPSA) is 105 Å². The summed E-state index contributed by atoms with van der Waals surface area (Å²) in [6, 6.07) is 10.5. The number of hydrogen-bond donors (Lipinski definition) is 1. The average Bonchev–Trinajstić information content (AvgIpc) is 3.15. The maximum atomic E-state index is 13.3. The zero-order valence-electron chi connectivity index (χ0n) is 15.7. The van der Waals surface area contributed by atoms with Gasteiger partial charge in [-0.15, -0.1) is 0 Å². The summed E-state index contributed by atoms with van der Waals surface area (Å²) in [5.74, 6) is -1.31. The van der Waals surface area contributed by atoms with Gasteiger partial charge in [-0.1, -0.05) is 23.2 Å². The van der Waals surface area contributed by atoms with E-state index in [1.807, 2.05) is 4.57 Å². The van der Waals surface area contributed by atoms with Crippen molar-refractivity contribution in [1.82, 2.24) is 14.5 Å². The van der Waals surface area contributed by atoms with Crippen molar-refractivity contribution in [2.24, 2.45) is 0 Å². The number of anilines is 1. The van der Waals surface area contributed by atoms with Gasteiger partial charge >= 0.3 is 5.97 Å². The Bertz CT molecular complexity index is 1370. The van der Waals surface area contributed by atoms with Crippen molar-refractivity contribution in [2.75, 3.05) is 10.8 Å². The number of aliphatic carboxylic acids is 1. The van der Waals surface area contributed by atoms with Gasteiger partial charge in [-0.3, -0.25) is 9.10 Å². The van der Waals surface area contributed by atoms with Gasteiger partial charge in [-0.25, -0.2) is 18.4 Å². The molecule has 0 atom stereocenters. The van der Waals surface area contributed by atoms with Gasteiger partial charge in [0.1, 0.15) is 12.9 Å². The van der Waals surface area contributed by atoms with E-state index in [1.54, 1.807) is 36.8 Å². The third-order valence-corrected chi connectivity index (χ3v) is 6.68. The SMILES string of the molecule is O=C(O)CN(c1ccc2c(ccn2-c2cncnc2)c1)S(=O)(=O)c1cc(Cl)cc(Cl)c1. The highest BCUT2D eigenvalue weighted by Gasteiger charge is 2.28. The molecule has 31 heavy (non-hydrogen) atoms. The molecule has 0 amide bonds. The second-order valence-electron chi connectivity index (χ2n) is 6.54. The predicted molar refractivity (Wildman–Crippen MR) is 117 cm³/mol. The molecule has 0 aliphatic rings. The number of nitrogens with zero attached hydrogens (tertiary/aromatic N) is 4. The first-order valence-corrected chi connectivity index (χ1v) is 11.0. The van der Waals surface area contributed by atoms with Crippen LogP contribution in [0.25, 0.3) is 16.6 Å². The summed E-state index contributed by atoms with van der Waals surface area (Å²) in [6.45, 7) is -0.773. The number of benzene rings is 2. The van der Waals surface area contributed by atoms with Crippen LogP contribution in [0.4, 0.5) is 5.69 Å². The summed E-state index contributed by atoms with van der Waals surface area (Å²) in [5, 5.41) is 10.3. The summed E-state index contributed by atoms with van der Waals surface area (Å²) in [7, 11) is -4.25. The number of aromatic nitrogens is 3. The molecule has 0 spiro atoms. The molecule has 4 rings (SSSR count). The maximum absolute atomic E-state index is 13.3. The molecule has 0 aliphatic carbocycles. The lowest BCUT2D eigenvalue weighted by Gasteiger charge is -2.23. The van der Waals surface area contributed by atoms with Crippen molar-refractivity contribution in [2.45, 2.75) is 4.90 Å². The van der Waals surface area contributed by atoms with Crippen molar-refractivity contribution in [3.63, 3.8) is 0 Å². The molecular formula is C20H14Cl2N4O4S. The van der Waals surface area contributed by atoms with E-state index in [4.69, 9.17) is 23.2 Å². The maximum Gasteiger partial charge on any atom is 0.324 e. The van der Waals surface area contributed by atoms with Crippen LogP contribution >= 0.6 is 23.2 Å². The number of halogens is 2. The molecule has 1 N–H and O–H groups in total. The van der Waals surface area contributed by atoms with Gasteiger partial charge in [-0.2, -0.15) is 0 Å². The molecule has 4 aromatic rings. The van der Waals surface area contributed by atoms with Gasteiger partial charge in [0.05, 0.1) is 34.2 Å². The number of rotatable bonds is 6. The molecule has 2 heterocycles. The zero-order chi connectivity index (χ0) is 22.2. The largest absolute Gasteiger partial charge is 0.480 e. The first-order valence-electron chi connectivity index (χ1n) is 8.83. The Balaban J connectivity index is 1.82. The molecule has 0 saturated carbocycles. The molecule has 0 aliphatic heterocycles. The number of carboxylic acids is 1. The van der Waals surface area contributed by atoms with Crippen LogP contribution in [0.2, 0.25) is 10.0 Å². The number of carboxylic acid groups (broad SMARTS) is 1. The molecule has 11 heteroatoms. The summed E-state index contributed by atoms with van der Waals surface area (Å²) in [6.07, 6.45) is 6.50. The van der Waals surface area contributed by atoms with Crippen molar-refractivity contribution in [1.29, 1.82) is 0 Å². The van der Waals surface area contributed by atoms with Crippen LogP contribution in [0.3, 0.4) is 0 Å². The van der Waals surface area contributed by atoms with E-state index in [1.165, 1.54) is 30.6 Å². The molecule has 0 fully saturated rings. The zero-order valence-corrected chi connectivity index (χ0v) is 18.0. The highest BCUT2D eigenvalue weighted by Crippen LogP contribution is 2.31. The van der Waals surface area contributed by atoms with Crippen molar-refractivity contribution in [3.05, 3.63) is 77.4 Å². The van der Waals surface area contributed by atoms with Crippen LogP contribution in [0.5, 0.6) is 0 Å². The van der Waals surface area contributed by atoms with E-state index in [0.29, 0.717) is 5.39 Å². The molecule has 0 radical (unpaired) electrons. The fourth-order valence-electron chi connectivity index (χ4n) is 3.17. The smallest absolute Gasteiger partial charge is 0.324 e. The minimum atomic E-state index is -4.25. The molecule has 8 nitrogen and oxygen atoms in total. The van der Waals surface area contributed by atoms with E-state index < -0.39 is 22.5 Å². The lowest BCUT2D eigenvalue weighted by molar-refractivity contribution is -0.135. The molecular weight excluding hydrogens is 463 g/mol. The standard InChI is InChI=1S/C20H14Cl2N4O4S/c21-14-6-15(22)8-18(7-14)31(29,30)26(11-20(27)28)16-1-2-19-13(5-16)3-4-25(19)17-9-23-12-24-10-17/h1-10,12H,11H2,(H,27,28). The fraction of sp³-hybridized carbons (Fsp3) is 0.0500. The quantitative estimate of drug-likeness (QED) is 0.450. The summed E-state index contributed by atoms with van der Waals surface area (Å²) in [5.41, 5.74) is 1.69. The van der Waals surface area contributed by atoms with Crippen LogP contribution < -0.4 is 4.31 Å². The number of hydrogen-bond acceptors (Lipinski definition) is 5. The van der Waals surface area contributed by atoms with Crippen molar-refractivity contribution in [3.8, 4) is 5.69 Å². The Labute approximate surface area is 187 Å². The monoisotopic (exact) mass is 476 g/mol. The number of fused-ring (bicyclic) bond motifs is 1. The third kappa shape index (κ3) is 4.20. The normalized spacial score (nSPS) is 11.5. The summed E-state index contributed by atoms with van der Waals surface area (Å²) >= 11 is 11.9. The van der Waals surface area contributed by atoms with Crippen LogP contribution in [0.15, 0.2) is 72.3 Å². The number of carbonyl (C=O) groups is 1. The van der Waals surface area contributed by atoms with Gasteiger partial charge in [0.15, 0.2) is 0 Å². The van der Waals surface area contributed by atoms with Crippen LogP contribution in [-0.4, -0.2) is 40.6 Å². The van der Waals surface area contributed by atoms with E-state index in [-0.39, 0.29) is 20.6 Å². The minimum absolute atomic E-state index is 0.124. The first-order chi connectivity index (χ1) is 14.8. The molecule has 0 saturated heterocycles. The second kappa shape index (κ2) is 8.18. The van der Waals surface area contributed by atoms with Gasteiger partial charge < -0.3 is 9.67 Å². The number of sulfonamides is 1. The minimum Gasteiger partial charge on any atom is -0.480 e. The Morgan fingerprint density at radius 3 is 2.35 bits per heavy atom. The summed E-state index contributed by atoms with van der Waals surface area (Å²) < 4.78 is 29.2. The van der Waals surface area contributed by atoms with Gasteiger partial charge in [0, 0.05) is 21.6 Å². The van der Waals surface area contributed by atoms with Crippen LogP contribution in [0.1, 0.15) is 0 Å². The first kappa shape index (κ1) is 21.1. The van der Waals surface area contributed by atoms with E-state index in [0.717, 1.165) is 15.5 Å². The van der Waals surface area contributed by atoms with E-state index in [9.17, 15) is 18.3 Å². The highest BCUT2D eigenvalue weighted by molar-refractivity contribution is 7.92. The van der Waals surface area contributed by atoms with Crippen molar-refractivity contribution < 1.29 is 18.3 Å². The van der Waals surface area contributed by atoms with E-state index in [2.05, 4.69) is 9.97 Å². The summed E-state index contributed by atoms with van der Waals surface area (Å²) in [4.78, 5) is 19.3. The van der Waals surface area contributed by atoms with Crippen LogP contribution in [-0.2, 0) is 14.8 Å². The third-order valence-electron chi connectivity index (χ3n) is 4.49. The van der Waals surface area contributed by atoms with Gasteiger partial charge in [0.2, 0.25) is 0 Å². The Kier molecular flexibility index (Phi) is 5.57. The Hall–Kier alpha value is -3.14. The molecule has 0 bridgehead atoms. The molecule has 2 aromatic heterocycles. The molecule has 2 aromatic carbocycles. The lowest BCUT2D eigenvalue weighted by atomic mass is 10.2.